The van der Waals surface area contributed by atoms with E-state index in [0.29, 0.717) is 12.1 Å². The Hall–Kier alpha value is -3.35. The molecule has 5 atom stereocenters. The van der Waals surface area contributed by atoms with Crippen LogP contribution in [0.2, 0.25) is 0 Å². The van der Waals surface area contributed by atoms with Crippen LogP contribution in [0.3, 0.4) is 0 Å². The van der Waals surface area contributed by atoms with Gasteiger partial charge in [-0.2, -0.15) is 0 Å². The van der Waals surface area contributed by atoms with Gasteiger partial charge in [0.15, 0.2) is 11.4 Å². The number of allylic oxidation sites excluding steroid dienone is 1. The van der Waals surface area contributed by atoms with Crippen molar-refractivity contribution in [1.29, 1.82) is 0 Å². The zero-order valence-corrected chi connectivity index (χ0v) is 21.4. The van der Waals surface area contributed by atoms with E-state index in [4.69, 9.17) is 10.5 Å². The number of ether oxygens (including phenoxy) is 1. The van der Waals surface area contributed by atoms with Gasteiger partial charge in [0.1, 0.15) is 28.9 Å². The molecule has 1 fully saturated rings. The molecule has 1 amide bonds. The number of esters is 1. The Morgan fingerprint density at radius 1 is 1.24 bits per heavy atom. The first-order valence-corrected chi connectivity index (χ1v) is 13.4. The number of ketones is 2. The Morgan fingerprint density at radius 2 is 1.97 bits per heavy atom. The Labute approximate surface area is 221 Å². The van der Waals surface area contributed by atoms with Crippen LogP contribution in [-0.2, 0) is 19.1 Å². The summed E-state index contributed by atoms with van der Waals surface area (Å²) in [7, 11) is 0. The van der Waals surface area contributed by atoms with E-state index in [9.17, 15) is 39.6 Å². The van der Waals surface area contributed by atoms with Crippen molar-refractivity contribution in [1.82, 2.24) is 4.90 Å². The van der Waals surface area contributed by atoms with Crippen molar-refractivity contribution >= 4 is 35.2 Å². The highest BCUT2D eigenvalue weighted by Crippen LogP contribution is 2.55. The lowest BCUT2D eigenvalue weighted by Crippen LogP contribution is -2.63. The molecule has 0 unspecified atom stereocenters. The lowest BCUT2D eigenvalue weighted by atomic mass is 9.56. The molecule has 0 aromatic heterocycles. The number of phenolic OH excluding ortho intramolecular Hbond substituents is 1. The Balaban J connectivity index is 1.63. The van der Waals surface area contributed by atoms with Crippen molar-refractivity contribution in [2.45, 2.75) is 37.4 Å². The lowest BCUT2D eigenvalue weighted by molar-refractivity contribution is -0.174. The van der Waals surface area contributed by atoms with E-state index in [1.807, 2.05) is 0 Å². The molecule has 5 rings (SSSR count). The maximum atomic E-state index is 13.7. The number of Topliss-reactive ketones (excluding diaryl/α,β-unsaturated/α-hetero) is 2. The number of thioether (sulfide) groups is 1. The fourth-order valence-corrected chi connectivity index (χ4v) is 7.20. The molecular weight excluding hydrogens is 516 g/mol. The van der Waals surface area contributed by atoms with Gasteiger partial charge in [-0.25, -0.2) is 0 Å². The molecule has 202 valence electrons. The summed E-state index contributed by atoms with van der Waals surface area (Å²) in [6.07, 6.45) is -1.84. The van der Waals surface area contributed by atoms with Gasteiger partial charge < -0.3 is 30.9 Å². The summed E-state index contributed by atoms with van der Waals surface area (Å²) in [4.78, 5) is 54.1. The monoisotopic (exact) mass is 544 g/mol. The van der Waals surface area contributed by atoms with Gasteiger partial charge in [0.25, 0.3) is 5.91 Å². The summed E-state index contributed by atoms with van der Waals surface area (Å²) in [5.41, 5.74) is 1.46. The largest absolute Gasteiger partial charge is 0.511 e. The van der Waals surface area contributed by atoms with Crippen LogP contribution < -0.4 is 5.73 Å². The Kier molecular flexibility index (Phi) is 6.52. The van der Waals surface area contributed by atoms with Crippen molar-refractivity contribution in [2.24, 2.45) is 17.6 Å². The average Bonchev–Trinajstić information content (AvgIpc) is 3.38. The molecule has 0 bridgehead atoms. The zero-order chi connectivity index (χ0) is 27.5. The number of primary amides is 1. The first-order valence-electron chi connectivity index (χ1n) is 12.3. The first kappa shape index (κ1) is 26.3. The zero-order valence-electron chi connectivity index (χ0n) is 20.5. The van der Waals surface area contributed by atoms with Gasteiger partial charge in [0.2, 0.25) is 5.78 Å². The van der Waals surface area contributed by atoms with Crippen molar-refractivity contribution in [3.05, 3.63) is 52.0 Å². The van der Waals surface area contributed by atoms with Gasteiger partial charge in [-0.05, 0) is 17.5 Å². The number of nitrogens with two attached hydrogens (primary N) is 1. The van der Waals surface area contributed by atoms with Crippen LogP contribution >= 0.6 is 11.8 Å². The molecule has 1 aromatic carbocycles. The topological polar surface area (TPSA) is 188 Å². The molecule has 12 heteroatoms. The van der Waals surface area contributed by atoms with Crippen molar-refractivity contribution in [3.63, 3.8) is 0 Å². The van der Waals surface area contributed by atoms with Crippen LogP contribution in [0.15, 0.2) is 40.9 Å². The molecule has 1 aromatic rings. The van der Waals surface area contributed by atoms with Crippen LogP contribution in [0, 0.1) is 11.8 Å². The van der Waals surface area contributed by atoms with Gasteiger partial charge >= 0.3 is 5.97 Å². The molecule has 0 spiro atoms. The van der Waals surface area contributed by atoms with Crippen LogP contribution in [-0.4, -0.2) is 85.2 Å². The smallest absolute Gasteiger partial charge is 0.307 e. The highest BCUT2D eigenvalue weighted by Gasteiger charge is 2.65. The molecule has 11 nitrogen and oxygen atoms in total. The van der Waals surface area contributed by atoms with E-state index >= 15 is 0 Å². The number of carbonyl (C=O) groups excluding carboxylic acids is 4. The summed E-state index contributed by atoms with van der Waals surface area (Å²) in [6, 6.07) is 4.48. The number of aromatic hydroxyl groups is 1. The second kappa shape index (κ2) is 9.44. The normalized spacial score (nSPS) is 31.1. The van der Waals surface area contributed by atoms with Crippen LogP contribution in [0.5, 0.6) is 5.75 Å². The second-order valence-electron chi connectivity index (χ2n) is 10.1. The number of rotatable bonds is 5. The number of amides is 1. The minimum absolute atomic E-state index is 0.00195. The predicted octanol–water partition coefficient (Wildman–Crippen LogP) is 1.06. The molecule has 1 saturated heterocycles. The van der Waals surface area contributed by atoms with Gasteiger partial charge in [-0.15, -0.1) is 11.8 Å². The van der Waals surface area contributed by atoms with Crippen molar-refractivity contribution in [2.75, 3.05) is 24.7 Å². The number of hydrogen-bond donors (Lipinski definition) is 5. The molecule has 38 heavy (non-hydrogen) atoms. The standard InChI is InChI=1S/C26H28N2O9S/c1-11-12-3-2-4-14(29)18(12)21(32)20-17(11)22(37-16(31)5-6-28-7-8-38-10-28)13-9-15(30)19(25(27)35)23(33)26(13,36)24(20)34/h2-4,11,13,17,22,29-30,34,36H,5-10H2,1H3,(H2,27,35)/t11-,13+,17+,22+,26+/m0/s1. The Morgan fingerprint density at radius 3 is 2.63 bits per heavy atom. The summed E-state index contributed by atoms with van der Waals surface area (Å²) >= 11 is 1.74. The third-order valence-corrected chi connectivity index (χ3v) is 9.08. The molecular formula is C26H28N2O9S. The third-order valence-electron chi connectivity index (χ3n) is 8.06. The molecule has 3 aliphatic carbocycles. The van der Waals surface area contributed by atoms with Gasteiger partial charge in [0.05, 0.1) is 12.0 Å². The minimum Gasteiger partial charge on any atom is -0.511 e. The molecule has 1 aliphatic heterocycles. The van der Waals surface area contributed by atoms with E-state index < -0.39 is 82.0 Å². The molecule has 1 heterocycles. The summed E-state index contributed by atoms with van der Waals surface area (Å²) in [5.74, 6) is -7.55. The first-order chi connectivity index (χ1) is 18.0. The van der Waals surface area contributed by atoms with Crippen LogP contribution in [0.1, 0.15) is 41.6 Å². The fraction of sp³-hybridized carbons (Fsp3) is 0.462. The molecule has 6 N–H and O–H groups in total. The highest BCUT2D eigenvalue weighted by atomic mass is 32.2. The average molecular weight is 545 g/mol. The molecule has 0 radical (unpaired) electrons. The number of aliphatic hydroxyl groups excluding tert-OH is 2. The number of phenols is 1. The number of nitrogens with zero attached hydrogens (tertiary/aromatic N) is 1. The minimum atomic E-state index is -2.86. The summed E-state index contributed by atoms with van der Waals surface area (Å²) in [6.45, 7) is 2.96. The summed E-state index contributed by atoms with van der Waals surface area (Å²) in [5, 5.41) is 44.0. The maximum absolute atomic E-state index is 13.7. The maximum Gasteiger partial charge on any atom is 0.307 e. The van der Waals surface area contributed by atoms with E-state index in [1.54, 1.807) is 30.8 Å². The third kappa shape index (κ3) is 3.81. The van der Waals surface area contributed by atoms with Crippen LogP contribution in [0.25, 0.3) is 0 Å². The predicted molar refractivity (Wildman–Crippen MR) is 134 cm³/mol. The quantitative estimate of drug-likeness (QED) is 0.263. The van der Waals surface area contributed by atoms with E-state index in [1.165, 1.54) is 6.07 Å². The number of fused-ring (bicyclic) bond motifs is 3. The number of benzene rings is 1. The number of aliphatic hydroxyl groups is 3. The lowest BCUT2D eigenvalue weighted by Gasteiger charge is -2.51. The molecule has 0 saturated carbocycles. The van der Waals surface area contributed by atoms with Crippen LogP contribution in [0.4, 0.5) is 0 Å². The SMILES string of the molecule is C[C@H]1c2cccc(O)c2C(=O)C2=C(O)[C@]3(O)C(=O)C(C(N)=O)=C(O)C[C@@H]3[C@@H](OC(=O)CCN3CCSC3)[C@@H]21. The van der Waals surface area contributed by atoms with Gasteiger partial charge in [-0.1, -0.05) is 19.1 Å². The Bertz CT molecular complexity index is 1320. The van der Waals surface area contributed by atoms with Gasteiger partial charge in [-0.3, -0.25) is 24.1 Å². The number of carbonyl (C=O) groups is 4. The number of hydrogen-bond acceptors (Lipinski definition) is 11. The van der Waals surface area contributed by atoms with Crippen molar-refractivity contribution < 1.29 is 44.3 Å². The summed E-state index contributed by atoms with van der Waals surface area (Å²) < 4.78 is 5.87. The van der Waals surface area contributed by atoms with E-state index in [-0.39, 0.29) is 17.7 Å². The van der Waals surface area contributed by atoms with E-state index in [0.717, 1.165) is 18.2 Å². The van der Waals surface area contributed by atoms with E-state index in [2.05, 4.69) is 4.90 Å². The highest BCUT2D eigenvalue weighted by molar-refractivity contribution is 7.99. The fourth-order valence-electron chi connectivity index (χ4n) is 6.17. The molecule has 4 aliphatic rings. The van der Waals surface area contributed by atoms with Gasteiger partial charge in [0, 0.05) is 48.5 Å². The van der Waals surface area contributed by atoms with Crippen molar-refractivity contribution in [3.8, 4) is 5.75 Å². The second-order valence-corrected chi connectivity index (χ2v) is 11.2.